The van der Waals surface area contributed by atoms with Crippen molar-refractivity contribution in [2.45, 2.75) is 58.2 Å². The number of methoxy groups -OCH3 is 1. The standard InChI is InChI=1S/C25H40N4O3/c1-4-28(18-22-15-26-27(2)16-22)17-21-10-11-24(25(14-21)31-3)32-20-23(30)19-29-12-8-6-5-7-9-13-29/h10-11,14-16,23,30H,4-9,12-13,17-20H2,1-3H3. The molecule has 2 heterocycles. The summed E-state index contributed by atoms with van der Waals surface area (Å²) in [6, 6.07) is 6.06. The molecule has 1 aromatic heterocycles. The zero-order valence-electron chi connectivity index (χ0n) is 20.0. The second kappa shape index (κ2) is 12.8. The highest BCUT2D eigenvalue weighted by molar-refractivity contribution is 5.43. The number of aryl methyl sites for hydroxylation is 1. The molecular weight excluding hydrogens is 404 g/mol. The summed E-state index contributed by atoms with van der Waals surface area (Å²) < 4.78 is 13.4. The van der Waals surface area contributed by atoms with Crippen LogP contribution in [0.2, 0.25) is 0 Å². The number of aromatic nitrogens is 2. The summed E-state index contributed by atoms with van der Waals surface area (Å²) in [7, 11) is 3.60. The van der Waals surface area contributed by atoms with E-state index in [9.17, 15) is 5.11 Å². The first-order valence-electron chi connectivity index (χ1n) is 12.0. The van der Waals surface area contributed by atoms with Crippen LogP contribution in [0.5, 0.6) is 11.5 Å². The van der Waals surface area contributed by atoms with Gasteiger partial charge in [-0.3, -0.25) is 9.58 Å². The number of benzene rings is 1. The molecule has 1 aliphatic rings. The third-order valence-corrected chi connectivity index (χ3v) is 6.09. The van der Waals surface area contributed by atoms with Crippen LogP contribution in [0.1, 0.15) is 50.2 Å². The van der Waals surface area contributed by atoms with Gasteiger partial charge in [-0.25, -0.2) is 0 Å². The largest absolute Gasteiger partial charge is 0.493 e. The number of hydrogen-bond donors (Lipinski definition) is 1. The van der Waals surface area contributed by atoms with E-state index in [0.717, 1.165) is 32.7 Å². The monoisotopic (exact) mass is 444 g/mol. The fourth-order valence-electron chi connectivity index (χ4n) is 4.31. The predicted octanol–water partition coefficient (Wildman–Crippen LogP) is 3.46. The van der Waals surface area contributed by atoms with Crippen molar-refractivity contribution in [1.82, 2.24) is 19.6 Å². The summed E-state index contributed by atoms with van der Waals surface area (Å²) in [4.78, 5) is 4.73. The Kier molecular flexibility index (Phi) is 9.84. The Morgan fingerprint density at radius 3 is 2.44 bits per heavy atom. The second-order valence-corrected chi connectivity index (χ2v) is 8.84. The Morgan fingerprint density at radius 1 is 1.06 bits per heavy atom. The van der Waals surface area contributed by atoms with Gasteiger partial charge in [0.15, 0.2) is 11.5 Å². The van der Waals surface area contributed by atoms with Gasteiger partial charge in [0.25, 0.3) is 0 Å². The molecule has 0 saturated carbocycles. The third-order valence-electron chi connectivity index (χ3n) is 6.09. The fraction of sp³-hybridized carbons (Fsp3) is 0.640. The zero-order chi connectivity index (χ0) is 22.8. The summed E-state index contributed by atoms with van der Waals surface area (Å²) in [6.45, 7) is 7.86. The van der Waals surface area contributed by atoms with Crippen molar-refractivity contribution in [1.29, 1.82) is 0 Å². The van der Waals surface area contributed by atoms with Gasteiger partial charge in [-0.05, 0) is 50.2 Å². The highest BCUT2D eigenvalue weighted by Gasteiger charge is 2.15. The van der Waals surface area contributed by atoms with Crippen LogP contribution in [-0.4, -0.2) is 70.7 Å². The summed E-state index contributed by atoms with van der Waals surface area (Å²) in [5.74, 6) is 1.39. The first-order valence-corrected chi connectivity index (χ1v) is 12.0. The number of ether oxygens (including phenoxy) is 2. The lowest BCUT2D eigenvalue weighted by molar-refractivity contribution is 0.0645. The van der Waals surface area contributed by atoms with Gasteiger partial charge in [0.1, 0.15) is 12.7 Å². The number of β-amino-alcohol motifs (C(OH)–C–C–N with tert-alkyl or cyclic N) is 1. The normalized spacial score (nSPS) is 16.5. The van der Waals surface area contributed by atoms with E-state index in [1.165, 1.54) is 43.2 Å². The molecule has 7 heteroatoms. The Balaban J connectivity index is 1.52. The van der Waals surface area contributed by atoms with E-state index in [-0.39, 0.29) is 6.61 Å². The van der Waals surface area contributed by atoms with Crippen LogP contribution in [0.4, 0.5) is 0 Å². The van der Waals surface area contributed by atoms with E-state index in [1.807, 2.05) is 30.1 Å². The smallest absolute Gasteiger partial charge is 0.161 e. The van der Waals surface area contributed by atoms with Gasteiger partial charge in [0.2, 0.25) is 0 Å². The van der Waals surface area contributed by atoms with Gasteiger partial charge in [0, 0.05) is 38.4 Å². The molecule has 178 valence electrons. The van der Waals surface area contributed by atoms with Crippen molar-refractivity contribution in [3.8, 4) is 11.5 Å². The first kappa shape index (κ1) is 24.6. The SMILES string of the molecule is CCN(Cc1ccc(OCC(O)CN2CCCCCCC2)c(OC)c1)Cc1cnn(C)c1. The number of aliphatic hydroxyl groups excluding tert-OH is 1. The summed E-state index contributed by atoms with van der Waals surface area (Å²) in [6.07, 6.45) is 9.84. The quantitative estimate of drug-likeness (QED) is 0.573. The lowest BCUT2D eigenvalue weighted by Crippen LogP contribution is -2.37. The minimum atomic E-state index is -0.506. The molecule has 1 aromatic carbocycles. The van der Waals surface area contributed by atoms with E-state index in [0.29, 0.717) is 18.0 Å². The van der Waals surface area contributed by atoms with Gasteiger partial charge in [0.05, 0.1) is 13.3 Å². The predicted molar refractivity (Wildman–Crippen MR) is 127 cm³/mol. The summed E-state index contributed by atoms with van der Waals surface area (Å²) in [5.41, 5.74) is 2.37. The maximum absolute atomic E-state index is 10.5. The molecule has 1 saturated heterocycles. The van der Waals surface area contributed by atoms with Crippen molar-refractivity contribution < 1.29 is 14.6 Å². The number of rotatable bonds is 11. The molecular formula is C25H40N4O3. The minimum Gasteiger partial charge on any atom is -0.493 e. The molecule has 1 N–H and O–H groups in total. The summed E-state index contributed by atoms with van der Waals surface area (Å²) in [5, 5.41) is 14.8. The van der Waals surface area contributed by atoms with E-state index in [2.05, 4.69) is 34.1 Å². The average molecular weight is 445 g/mol. The minimum absolute atomic E-state index is 0.272. The van der Waals surface area contributed by atoms with E-state index >= 15 is 0 Å². The third kappa shape index (κ3) is 7.80. The average Bonchev–Trinajstić information content (AvgIpc) is 3.18. The van der Waals surface area contributed by atoms with Crippen molar-refractivity contribution in [2.75, 3.05) is 39.9 Å². The van der Waals surface area contributed by atoms with Gasteiger partial charge in [-0.15, -0.1) is 0 Å². The van der Waals surface area contributed by atoms with Crippen LogP contribution in [0.3, 0.4) is 0 Å². The van der Waals surface area contributed by atoms with Crippen LogP contribution >= 0.6 is 0 Å². The van der Waals surface area contributed by atoms with Crippen molar-refractivity contribution in [2.24, 2.45) is 7.05 Å². The Morgan fingerprint density at radius 2 is 1.78 bits per heavy atom. The molecule has 0 bridgehead atoms. The Bertz CT molecular complexity index is 802. The van der Waals surface area contributed by atoms with Crippen LogP contribution < -0.4 is 9.47 Å². The summed E-state index contributed by atoms with van der Waals surface area (Å²) >= 11 is 0. The maximum Gasteiger partial charge on any atom is 0.161 e. The van der Waals surface area contributed by atoms with Crippen molar-refractivity contribution >= 4 is 0 Å². The highest BCUT2D eigenvalue weighted by atomic mass is 16.5. The van der Waals surface area contributed by atoms with Crippen LogP contribution in [0.25, 0.3) is 0 Å². The molecule has 0 radical (unpaired) electrons. The second-order valence-electron chi connectivity index (χ2n) is 8.84. The number of nitrogens with zero attached hydrogens (tertiary/aromatic N) is 4. The molecule has 32 heavy (non-hydrogen) atoms. The van der Waals surface area contributed by atoms with Gasteiger partial charge >= 0.3 is 0 Å². The highest BCUT2D eigenvalue weighted by Crippen LogP contribution is 2.29. The molecule has 7 nitrogen and oxygen atoms in total. The Hall–Kier alpha value is -2.09. The van der Waals surface area contributed by atoms with Gasteiger partial charge < -0.3 is 19.5 Å². The fourth-order valence-corrected chi connectivity index (χ4v) is 4.31. The molecule has 0 aliphatic carbocycles. The van der Waals surface area contributed by atoms with Crippen LogP contribution in [-0.2, 0) is 20.1 Å². The van der Waals surface area contributed by atoms with E-state index in [4.69, 9.17) is 9.47 Å². The number of likely N-dealkylation sites (tertiary alicyclic amines) is 1. The number of aliphatic hydroxyl groups is 1. The van der Waals surface area contributed by atoms with E-state index in [1.54, 1.807) is 7.11 Å². The molecule has 2 aromatic rings. The Labute approximate surface area is 192 Å². The maximum atomic E-state index is 10.5. The lowest BCUT2D eigenvalue weighted by atomic mass is 10.1. The topological polar surface area (TPSA) is 63.0 Å². The molecule has 1 aliphatic heterocycles. The van der Waals surface area contributed by atoms with Crippen molar-refractivity contribution in [3.05, 3.63) is 41.7 Å². The molecule has 1 unspecified atom stereocenters. The molecule has 1 fully saturated rings. The molecule has 0 amide bonds. The van der Waals surface area contributed by atoms with Gasteiger partial charge in [-0.2, -0.15) is 5.10 Å². The zero-order valence-corrected chi connectivity index (χ0v) is 20.0. The molecule has 3 rings (SSSR count). The first-order chi connectivity index (χ1) is 15.6. The number of hydrogen-bond acceptors (Lipinski definition) is 6. The molecule has 1 atom stereocenters. The van der Waals surface area contributed by atoms with E-state index < -0.39 is 6.10 Å². The molecule has 0 spiro atoms. The van der Waals surface area contributed by atoms with Crippen LogP contribution in [0, 0.1) is 0 Å². The van der Waals surface area contributed by atoms with Crippen LogP contribution in [0.15, 0.2) is 30.6 Å². The van der Waals surface area contributed by atoms with Gasteiger partial charge in [-0.1, -0.05) is 32.3 Å². The van der Waals surface area contributed by atoms with Crippen molar-refractivity contribution in [3.63, 3.8) is 0 Å². The lowest BCUT2D eigenvalue weighted by Gasteiger charge is -2.27.